The molecule has 0 saturated heterocycles. The van der Waals surface area contributed by atoms with Crippen LogP contribution in [0.15, 0.2) is 35.4 Å². The Kier molecular flexibility index (Phi) is 5.93. The maximum atomic E-state index is 12.8. The first-order chi connectivity index (χ1) is 13.0. The first-order valence-electron chi connectivity index (χ1n) is 9.00. The van der Waals surface area contributed by atoms with Crippen LogP contribution >= 0.6 is 0 Å². The van der Waals surface area contributed by atoms with Gasteiger partial charge in [-0.2, -0.15) is 0 Å². The van der Waals surface area contributed by atoms with Crippen LogP contribution in [-0.4, -0.2) is 58.6 Å². The third kappa shape index (κ3) is 3.72. The Bertz CT molecular complexity index is 1120. The van der Waals surface area contributed by atoms with Crippen molar-refractivity contribution in [3.63, 3.8) is 0 Å². The zero-order valence-electron chi connectivity index (χ0n) is 16.6. The molecule has 0 unspecified atom stereocenters. The summed E-state index contributed by atoms with van der Waals surface area (Å²) in [5, 5.41) is 3.54. The van der Waals surface area contributed by atoms with Gasteiger partial charge in [0.25, 0.3) is 0 Å². The summed E-state index contributed by atoms with van der Waals surface area (Å²) in [5.74, 6) is 0.286. The fourth-order valence-corrected chi connectivity index (χ4v) is 3.29. The second-order valence-electron chi connectivity index (χ2n) is 6.94. The molecular formula is C21H21N3NaO3. The van der Waals surface area contributed by atoms with Gasteiger partial charge in [-0.3, -0.25) is 4.79 Å². The number of fused-ring (bicyclic) bond motifs is 1. The summed E-state index contributed by atoms with van der Waals surface area (Å²) in [6.07, 6.45) is 4.98. The number of aromatic amines is 1. The minimum absolute atomic E-state index is 0. The number of aryl methyl sites for hydroxylation is 2. The number of nitrogens with zero attached hydrogens (tertiary/aromatic N) is 1. The molecule has 1 aliphatic rings. The molecule has 1 saturated carbocycles. The SMILES string of the molecule is CNc1ncc(-c2ccc3c(=O)c(C(=O)OC4CC4)c[nH]c3c2C)cc1C.[Na]. The van der Waals surface area contributed by atoms with Gasteiger partial charge in [0.2, 0.25) is 5.43 Å². The molecule has 3 aromatic rings. The van der Waals surface area contributed by atoms with Crippen LogP contribution in [-0.2, 0) is 4.74 Å². The normalized spacial score (nSPS) is 13.1. The molecule has 28 heavy (non-hydrogen) atoms. The van der Waals surface area contributed by atoms with Gasteiger partial charge in [0.15, 0.2) is 0 Å². The fourth-order valence-electron chi connectivity index (χ4n) is 3.29. The van der Waals surface area contributed by atoms with Crippen molar-refractivity contribution >= 4 is 52.2 Å². The molecule has 0 aliphatic heterocycles. The van der Waals surface area contributed by atoms with Gasteiger partial charge >= 0.3 is 5.97 Å². The molecule has 0 atom stereocenters. The summed E-state index contributed by atoms with van der Waals surface area (Å²) >= 11 is 0. The first kappa shape index (κ1) is 20.6. The number of esters is 1. The average Bonchev–Trinajstić information content (AvgIpc) is 3.46. The summed E-state index contributed by atoms with van der Waals surface area (Å²) in [5.41, 5.74) is 4.41. The Morgan fingerprint density at radius 3 is 2.68 bits per heavy atom. The Morgan fingerprint density at radius 1 is 1.29 bits per heavy atom. The molecule has 4 rings (SSSR count). The fraction of sp³-hybridized carbons (Fsp3) is 0.286. The Hall–Kier alpha value is -2.15. The molecule has 139 valence electrons. The van der Waals surface area contributed by atoms with Crippen LogP contribution < -0.4 is 10.7 Å². The summed E-state index contributed by atoms with van der Waals surface area (Å²) in [4.78, 5) is 32.5. The number of carbonyl (C=O) groups is 1. The van der Waals surface area contributed by atoms with Gasteiger partial charge in [-0.1, -0.05) is 6.07 Å². The second-order valence-corrected chi connectivity index (χ2v) is 6.94. The molecule has 1 aromatic carbocycles. The van der Waals surface area contributed by atoms with Crippen LogP contribution in [0.25, 0.3) is 22.0 Å². The number of carbonyl (C=O) groups excluding carboxylic acids is 1. The zero-order chi connectivity index (χ0) is 19.1. The van der Waals surface area contributed by atoms with E-state index in [1.54, 1.807) is 6.07 Å². The number of anilines is 1. The van der Waals surface area contributed by atoms with E-state index in [9.17, 15) is 9.59 Å². The number of nitrogens with one attached hydrogen (secondary N) is 2. The van der Waals surface area contributed by atoms with Gasteiger partial charge in [-0.05, 0) is 55.5 Å². The smallest absolute Gasteiger partial charge is 0.343 e. The van der Waals surface area contributed by atoms with Crippen LogP contribution in [0.2, 0.25) is 0 Å². The minimum atomic E-state index is -0.551. The molecule has 0 spiro atoms. The van der Waals surface area contributed by atoms with Gasteiger partial charge in [0.05, 0.1) is 5.52 Å². The maximum absolute atomic E-state index is 12.8. The number of rotatable bonds is 4. The van der Waals surface area contributed by atoms with Gasteiger partial charge in [0, 0.05) is 59.9 Å². The Balaban J connectivity index is 0.00000225. The predicted molar refractivity (Wildman–Crippen MR) is 111 cm³/mol. The molecule has 2 N–H and O–H groups in total. The molecular weight excluding hydrogens is 365 g/mol. The van der Waals surface area contributed by atoms with Crippen molar-refractivity contribution in [3.8, 4) is 11.1 Å². The van der Waals surface area contributed by atoms with Crippen molar-refractivity contribution in [3.05, 3.63) is 57.5 Å². The number of hydrogen-bond acceptors (Lipinski definition) is 5. The number of ether oxygens (including phenoxy) is 1. The minimum Gasteiger partial charge on any atom is -0.459 e. The van der Waals surface area contributed by atoms with Gasteiger partial charge in [-0.15, -0.1) is 0 Å². The average molecular weight is 386 g/mol. The molecule has 6 nitrogen and oxygen atoms in total. The monoisotopic (exact) mass is 386 g/mol. The van der Waals surface area contributed by atoms with Crippen molar-refractivity contribution in [2.75, 3.05) is 12.4 Å². The number of pyridine rings is 2. The van der Waals surface area contributed by atoms with E-state index >= 15 is 0 Å². The third-order valence-electron chi connectivity index (χ3n) is 4.96. The largest absolute Gasteiger partial charge is 0.459 e. The summed E-state index contributed by atoms with van der Waals surface area (Å²) < 4.78 is 5.26. The quantitative estimate of drug-likeness (QED) is 0.531. The molecule has 2 aromatic heterocycles. The van der Waals surface area contributed by atoms with Crippen molar-refractivity contribution < 1.29 is 9.53 Å². The van der Waals surface area contributed by atoms with Gasteiger partial charge in [-0.25, -0.2) is 9.78 Å². The summed E-state index contributed by atoms with van der Waals surface area (Å²) in [6.45, 7) is 3.95. The van der Waals surface area contributed by atoms with Crippen LogP contribution in [0.3, 0.4) is 0 Å². The van der Waals surface area contributed by atoms with Gasteiger partial charge < -0.3 is 15.0 Å². The third-order valence-corrected chi connectivity index (χ3v) is 4.96. The molecule has 7 heteroatoms. The molecule has 0 bridgehead atoms. The van der Waals surface area contributed by atoms with Crippen molar-refractivity contribution in [1.29, 1.82) is 0 Å². The van der Waals surface area contributed by atoms with Crippen LogP contribution in [0, 0.1) is 13.8 Å². The maximum Gasteiger partial charge on any atom is 0.343 e. The van der Waals surface area contributed by atoms with Crippen LogP contribution in [0.5, 0.6) is 0 Å². The van der Waals surface area contributed by atoms with Crippen molar-refractivity contribution in [2.45, 2.75) is 32.8 Å². The van der Waals surface area contributed by atoms with E-state index in [0.29, 0.717) is 5.39 Å². The van der Waals surface area contributed by atoms with Crippen molar-refractivity contribution in [2.24, 2.45) is 0 Å². The van der Waals surface area contributed by atoms with E-state index in [4.69, 9.17) is 4.74 Å². The molecule has 1 radical (unpaired) electrons. The van der Waals surface area contributed by atoms with E-state index < -0.39 is 5.97 Å². The topological polar surface area (TPSA) is 84.1 Å². The predicted octanol–water partition coefficient (Wildman–Crippen LogP) is 3.19. The number of hydrogen-bond donors (Lipinski definition) is 2. The van der Waals surface area contributed by atoms with Gasteiger partial charge in [0.1, 0.15) is 17.5 Å². The summed E-state index contributed by atoms with van der Waals surface area (Å²) in [6, 6.07) is 5.72. The van der Waals surface area contributed by atoms with E-state index in [2.05, 4.69) is 21.4 Å². The second kappa shape index (κ2) is 8.07. The molecule has 1 aliphatic carbocycles. The number of benzene rings is 1. The van der Waals surface area contributed by atoms with E-state index in [0.717, 1.165) is 46.4 Å². The van der Waals surface area contributed by atoms with Crippen molar-refractivity contribution in [1.82, 2.24) is 9.97 Å². The van der Waals surface area contributed by atoms with Crippen LogP contribution in [0.4, 0.5) is 5.82 Å². The molecule has 2 heterocycles. The first-order valence-corrected chi connectivity index (χ1v) is 9.00. The van der Waals surface area contributed by atoms with Crippen LogP contribution in [0.1, 0.15) is 34.3 Å². The van der Waals surface area contributed by atoms with E-state index in [-0.39, 0.29) is 46.7 Å². The summed E-state index contributed by atoms with van der Waals surface area (Å²) in [7, 11) is 1.84. The van der Waals surface area contributed by atoms with E-state index in [1.165, 1.54) is 6.20 Å². The van der Waals surface area contributed by atoms with E-state index in [1.807, 2.05) is 33.2 Å². The molecule has 0 amide bonds. The molecule has 1 fully saturated rings. The Morgan fingerprint density at radius 2 is 2.04 bits per heavy atom. The number of H-pyrrole nitrogens is 1. The zero-order valence-corrected chi connectivity index (χ0v) is 18.6. The Labute approximate surface area is 185 Å². The number of aromatic nitrogens is 2. The standard InChI is InChI=1S/C21H21N3O3.Na/c1-11-8-13(9-24-20(11)22-3)15-6-7-16-18(12(15)2)23-10-17(19(16)25)21(26)27-14-4-5-14;/h6-10,14H,4-5H2,1-3H3,(H,22,24)(H,23,25);.